The van der Waals surface area contributed by atoms with E-state index in [-0.39, 0.29) is 11.9 Å². The van der Waals surface area contributed by atoms with Crippen molar-refractivity contribution in [3.05, 3.63) is 53.2 Å². The van der Waals surface area contributed by atoms with Gasteiger partial charge in [-0.1, -0.05) is 17.7 Å². The first-order valence-electron chi connectivity index (χ1n) is 9.27. The number of ether oxygens (including phenoxy) is 1. The number of urea groups is 1. The second-order valence-electron chi connectivity index (χ2n) is 6.36. The summed E-state index contributed by atoms with van der Waals surface area (Å²) in [5.74, 6) is 0.212. The molecule has 1 aliphatic heterocycles. The Morgan fingerprint density at radius 3 is 2.71 bits per heavy atom. The van der Waals surface area contributed by atoms with Crippen molar-refractivity contribution in [2.45, 2.75) is 13.3 Å². The Balaban J connectivity index is 1.63. The number of hydrogen-bond donors (Lipinski definition) is 1. The topological polar surface area (TPSA) is 74.8 Å². The number of amides is 3. The molecule has 2 heterocycles. The lowest BCUT2D eigenvalue weighted by Gasteiger charge is -2.23. The summed E-state index contributed by atoms with van der Waals surface area (Å²) in [6, 6.07) is 10.3. The second kappa shape index (κ2) is 9.41. The highest BCUT2D eigenvalue weighted by atomic mass is 35.5. The van der Waals surface area contributed by atoms with Crippen LogP contribution in [0.3, 0.4) is 0 Å². The molecule has 0 bridgehead atoms. The first-order chi connectivity index (χ1) is 13.6. The predicted molar refractivity (Wildman–Crippen MR) is 108 cm³/mol. The largest absolute Gasteiger partial charge is 0.477 e. The molecular formula is C20H23ClN4O3. The Morgan fingerprint density at radius 1 is 1.14 bits per heavy atom. The second-order valence-corrected chi connectivity index (χ2v) is 6.80. The number of nitrogens with zero attached hydrogens (tertiary/aromatic N) is 3. The number of pyridine rings is 1. The van der Waals surface area contributed by atoms with Gasteiger partial charge in [0.05, 0.1) is 6.61 Å². The van der Waals surface area contributed by atoms with E-state index < -0.39 is 0 Å². The summed E-state index contributed by atoms with van der Waals surface area (Å²) in [6.45, 7) is 4.33. The van der Waals surface area contributed by atoms with Crippen molar-refractivity contribution in [2.75, 3.05) is 38.1 Å². The summed E-state index contributed by atoms with van der Waals surface area (Å²) in [5.41, 5.74) is 1.09. The van der Waals surface area contributed by atoms with Gasteiger partial charge in [-0.2, -0.15) is 0 Å². The van der Waals surface area contributed by atoms with Crippen LogP contribution in [0, 0.1) is 0 Å². The van der Waals surface area contributed by atoms with Crippen LogP contribution in [0.1, 0.15) is 23.7 Å². The third kappa shape index (κ3) is 4.92. The van der Waals surface area contributed by atoms with Gasteiger partial charge in [-0.3, -0.25) is 4.79 Å². The summed E-state index contributed by atoms with van der Waals surface area (Å²) in [6.07, 6.45) is 2.30. The van der Waals surface area contributed by atoms with Crippen LogP contribution in [-0.2, 0) is 0 Å². The van der Waals surface area contributed by atoms with E-state index in [0.29, 0.717) is 61.4 Å². The number of anilines is 1. The van der Waals surface area contributed by atoms with Gasteiger partial charge >= 0.3 is 6.03 Å². The number of carbonyl (C=O) groups is 2. The molecule has 8 heteroatoms. The predicted octanol–water partition coefficient (Wildman–Crippen LogP) is 3.51. The Labute approximate surface area is 169 Å². The van der Waals surface area contributed by atoms with Gasteiger partial charge in [0.15, 0.2) is 0 Å². The highest BCUT2D eigenvalue weighted by molar-refractivity contribution is 6.30. The molecule has 0 aliphatic carbocycles. The van der Waals surface area contributed by atoms with Gasteiger partial charge < -0.3 is 19.9 Å². The summed E-state index contributed by atoms with van der Waals surface area (Å²) in [4.78, 5) is 33.1. The molecule has 0 spiro atoms. The molecule has 0 unspecified atom stereocenters. The number of aromatic nitrogens is 1. The molecule has 1 saturated heterocycles. The molecule has 3 rings (SSSR count). The van der Waals surface area contributed by atoms with Crippen LogP contribution >= 0.6 is 11.6 Å². The minimum absolute atomic E-state index is 0.131. The van der Waals surface area contributed by atoms with Gasteiger partial charge in [0, 0.05) is 43.1 Å². The molecule has 148 valence electrons. The normalized spacial score (nSPS) is 14.4. The fraction of sp³-hybridized carbons (Fsp3) is 0.350. The fourth-order valence-electron chi connectivity index (χ4n) is 3.07. The maximum atomic E-state index is 12.9. The van der Waals surface area contributed by atoms with E-state index in [1.54, 1.807) is 52.4 Å². The van der Waals surface area contributed by atoms with Gasteiger partial charge in [0.25, 0.3) is 5.91 Å². The van der Waals surface area contributed by atoms with Gasteiger partial charge in [-0.25, -0.2) is 9.78 Å². The third-order valence-electron chi connectivity index (χ3n) is 4.43. The molecule has 1 N–H and O–H groups in total. The first-order valence-corrected chi connectivity index (χ1v) is 9.65. The lowest BCUT2D eigenvalue weighted by atomic mass is 10.2. The van der Waals surface area contributed by atoms with E-state index in [1.807, 2.05) is 6.92 Å². The Morgan fingerprint density at radius 2 is 1.93 bits per heavy atom. The van der Waals surface area contributed by atoms with Gasteiger partial charge in [-0.05, 0) is 43.7 Å². The van der Waals surface area contributed by atoms with Crippen LogP contribution < -0.4 is 10.1 Å². The van der Waals surface area contributed by atoms with Crippen molar-refractivity contribution in [3.63, 3.8) is 0 Å². The van der Waals surface area contributed by atoms with Crippen LogP contribution in [0.4, 0.5) is 10.5 Å². The number of carbonyl (C=O) groups excluding carboxylic acids is 2. The molecule has 0 saturated carbocycles. The van der Waals surface area contributed by atoms with Crippen molar-refractivity contribution < 1.29 is 14.3 Å². The average Bonchev–Trinajstić information content (AvgIpc) is 2.94. The molecule has 1 aliphatic rings. The van der Waals surface area contributed by atoms with Crippen LogP contribution in [0.25, 0.3) is 0 Å². The monoisotopic (exact) mass is 402 g/mol. The number of halogens is 1. The van der Waals surface area contributed by atoms with Gasteiger partial charge in [-0.15, -0.1) is 0 Å². The highest BCUT2D eigenvalue weighted by Crippen LogP contribution is 2.19. The molecule has 1 aromatic carbocycles. The summed E-state index contributed by atoms with van der Waals surface area (Å²) < 4.78 is 5.47. The summed E-state index contributed by atoms with van der Waals surface area (Å²) >= 11 is 5.96. The molecule has 7 nitrogen and oxygen atoms in total. The van der Waals surface area contributed by atoms with E-state index in [4.69, 9.17) is 16.3 Å². The fourth-order valence-corrected chi connectivity index (χ4v) is 3.26. The number of hydrogen-bond acceptors (Lipinski definition) is 4. The number of nitrogens with one attached hydrogen (secondary N) is 1. The molecule has 28 heavy (non-hydrogen) atoms. The molecule has 1 fully saturated rings. The van der Waals surface area contributed by atoms with E-state index >= 15 is 0 Å². The van der Waals surface area contributed by atoms with Crippen LogP contribution in [-0.4, -0.2) is 59.5 Å². The first kappa shape index (κ1) is 19.9. The third-order valence-corrected chi connectivity index (χ3v) is 4.66. The molecule has 2 aromatic rings. The SMILES string of the molecule is CCOc1ncccc1C(=O)N1CCCN(C(=O)Nc2cccc(Cl)c2)CC1. The van der Waals surface area contributed by atoms with Crippen molar-refractivity contribution in [1.29, 1.82) is 0 Å². The average molecular weight is 403 g/mol. The molecule has 1 aromatic heterocycles. The zero-order valence-electron chi connectivity index (χ0n) is 15.7. The minimum Gasteiger partial charge on any atom is -0.477 e. The number of rotatable bonds is 4. The van der Waals surface area contributed by atoms with E-state index in [0.717, 1.165) is 0 Å². The van der Waals surface area contributed by atoms with E-state index in [9.17, 15) is 9.59 Å². The molecular weight excluding hydrogens is 380 g/mol. The zero-order chi connectivity index (χ0) is 19.9. The highest BCUT2D eigenvalue weighted by Gasteiger charge is 2.25. The summed E-state index contributed by atoms with van der Waals surface area (Å²) in [7, 11) is 0. The standard InChI is InChI=1S/C20H23ClN4O3/c1-2-28-18-17(8-4-9-22-18)19(26)24-10-5-11-25(13-12-24)20(27)23-16-7-3-6-15(21)14-16/h3-4,6-9,14H,2,5,10-13H2,1H3,(H,23,27). The zero-order valence-corrected chi connectivity index (χ0v) is 16.5. The Hall–Kier alpha value is -2.80. The van der Waals surface area contributed by atoms with Gasteiger partial charge in [0.2, 0.25) is 5.88 Å². The smallest absolute Gasteiger partial charge is 0.321 e. The van der Waals surface area contributed by atoms with Gasteiger partial charge in [0.1, 0.15) is 5.56 Å². The van der Waals surface area contributed by atoms with Crippen molar-refractivity contribution >= 4 is 29.2 Å². The Bertz CT molecular complexity index is 846. The Kier molecular flexibility index (Phi) is 6.71. The maximum Gasteiger partial charge on any atom is 0.321 e. The van der Waals surface area contributed by atoms with Crippen molar-refractivity contribution in [1.82, 2.24) is 14.8 Å². The van der Waals surface area contributed by atoms with E-state index in [1.165, 1.54) is 0 Å². The number of benzene rings is 1. The van der Waals surface area contributed by atoms with E-state index in [2.05, 4.69) is 10.3 Å². The lowest BCUT2D eigenvalue weighted by Crippen LogP contribution is -2.39. The van der Waals surface area contributed by atoms with Crippen LogP contribution in [0.2, 0.25) is 5.02 Å². The molecule has 0 radical (unpaired) electrons. The maximum absolute atomic E-state index is 12.9. The minimum atomic E-state index is -0.201. The van der Waals surface area contributed by atoms with Crippen LogP contribution in [0.5, 0.6) is 5.88 Å². The molecule has 0 atom stereocenters. The molecule has 3 amide bonds. The van der Waals surface area contributed by atoms with Crippen molar-refractivity contribution in [2.24, 2.45) is 0 Å². The lowest BCUT2D eigenvalue weighted by molar-refractivity contribution is 0.0757. The van der Waals surface area contributed by atoms with Crippen LogP contribution in [0.15, 0.2) is 42.6 Å². The summed E-state index contributed by atoms with van der Waals surface area (Å²) in [5, 5.41) is 3.41. The van der Waals surface area contributed by atoms with Crippen molar-refractivity contribution in [3.8, 4) is 5.88 Å². The quantitative estimate of drug-likeness (QED) is 0.849.